The zero-order valence-electron chi connectivity index (χ0n) is 11.9. The van der Waals surface area contributed by atoms with Crippen molar-refractivity contribution in [2.75, 3.05) is 7.11 Å². The predicted octanol–water partition coefficient (Wildman–Crippen LogP) is 4.55. The van der Waals surface area contributed by atoms with Crippen molar-refractivity contribution in [3.63, 3.8) is 0 Å². The Balaban J connectivity index is 2.25. The first-order chi connectivity index (χ1) is 11.0. The Morgan fingerprint density at radius 1 is 1.09 bits per heavy atom. The fourth-order valence-electron chi connectivity index (χ4n) is 2.30. The van der Waals surface area contributed by atoms with Crippen molar-refractivity contribution in [3.05, 3.63) is 68.5 Å². The second kappa shape index (κ2) is 6.07. The number of hydrogen-bond acceptors (Lipinski definition) is 4. The van der Waals surface area contributed by atoms with Crippen LogP contribution in [0.2, 0.25) is 10.0 Å². The van der Waals surface area contributed by atoms with Gasteiger partial charge in [-0.3, -0.25) is 0 Å². The Morgan fingerprint density at radius 3 is 2.39 bits per heavy atom. The highest BCUT2D eigenvalue weighted by atomic mass is 35.5. The largest absolute Gasteiger partial charge is 0.465 e. The molecule has 0 N–H and O–H groups in total. The molecule has 0 aliphatic carbocycles. The average molecular weight is 349 g/mol. The topological polar surface area (TPSA) is 56.5 Å². The van der Waals surface area contributed by atoms with E-state index in [1.54, 1.807) is 18.2 Å². The molecule has 0 fully saturated rings. The number of hydrogen-bond donors (Lipinski definition) is 0. The summed E-state index contributed by atoms with van der Waals surface area (Å²) in [6.45, 7) is 0. The molecule has 0 radical (unpaired) electrons. The minimum absolute atomic E-state index is 0.167. The minimum atomic E-state index is -0.564. The zero-order valence-corrected chi connectivity index (χ0v) is 13.4. The summed E-state index contributed by atoms with van der Waals surface area (Å²) in [5.74, 6) is -0.564. The molecule has 1 aromatic heterocycles. The summed E-state index contributed by atoms with van der Waals surface area (Å²) in [5, 5.41) is 1.08. The third-order valence-corrected chi connectivity index (χ3v) is 3.97. The van der Waals surface area contributed by atoms with Gasteiger partial charge in [0.05, 0.1) is 28.3 Å². The van der Waals surface area contributed by atoms with E-state index >= 15 is 0 Å². The van der Waals surface area contributed by atoms with Crippen molar-refractivity contribution in [1.82, 2.24) is 0 Å². The van der Waals surface area contributed by atoms with Gasteiger partial charge in [0, 0.05) is 10.9 Å². The SMILES string of the molecule is COC(=O)c1cc(Cl)c(-c2cc3ccccc3oc2=O)c(Cl)c1. The molecule has 4 nitrogen and oxygen atoms in total. The van der Waals surface area contributed by atoms with E-state index in [0.29, 0.717) is 11.1 Å². The van der Waals surface area contributed by atoms with Gasteiger partial charge in [-0.15, -0.1) is 0 Å². The summed E-state index contributed by atoms with van der Waals surface area (Å²) >= 11 is 12.4. The Kier molecular flexibility index (Phi) is 4.11. The van der Waals surface area contributed by atoms with Crippen molar-refractivity contribution in [3.8, 4) is 11.1 Å². The molecule has 0 aliphatic rings. The first kappa shape index (κ1) is 15.6. The van der Waals surface area contributed by atoms with Crippen molar-refractivity contribution < 1.29 is 13.9 Å². The lowest BCUT2D eigenvalue weighted by atomic mass is 10.0. The third-order valence-electron chi connectivity index (χ3n) is 3.37. The molecule has 0 amide bonds. The lowest BCUT2D eigenvalue weighted by molar-refractivity contribution is 0.0601. The smallest absolute Gasteiger partial charge is 0.344 e. The molecule has 0 bridgehead atoms. The van der Waals surface area contributed by atoms with Gasteiger partial charge in [-0.25, -0.2) is 9.59 Å². The number of ether oxygens (including phenoxy) is 1. The molecule has 0 saturated carbocycles. The van der Waals surface area contributed by atoms with Crippen LogP contribution in [0.3, 0.4) is 0 Å². The van der Waals surface area contributed by atoms with Gasteiger partial charge >= 0.3 is 11.6 Å². The molecule has 0 aliphatic heterocycles. The molecule has 1 heterocycles. The molecule has 0 saturated heterocycles. The van der Waals surface area contributed by atoms with E-state index in [4.69, 9.17) is 27.6 Å². The van der Waals surface area contributed by atoms with E-state index < -0.39 is 11.6 Å². The van der Waals surface area contributed by atoms with Gasteiger partial charge in [0.2, 0.25) is 0 Å². The first-order valence-corrected chi connectivity index (χ1v) is 7.37. The van der Waals surface area contributed by atoms with Crippen LogP contribution in [0.1, 0.15) is 10.4 Å². The van der Waals surface area contributed by atoms with E-state index in [-0.39, 0.29) is 21.2 Å². The molecule has 23 heavy (non-hydrogen) atoms. The number of rotatable bonds is 2. The van der Waals surface area contributed by atoms with Crippen LogP contribution in [0.25, 0.3) is 22.1 Å². The lowest BCUT2D eigenvalue weighted by Gasteiger charge is -2.09. The number of fused-ring (bicyclic) bond motifs is 1. The maximum absolute atomic E-state index is 12.2. The molecule has 116 valence electrons. The van der Waals surface area contributed by atoms with Crippen LogP contribution in [0.15, 0.2) is 51.7 Å². The van der Waals surface area contributed by atoms with E-state index in [0.717, 1.165) is 5.39 Å². The Hall–Kier alpha value is -2.30. The highest BCUT2D eigenvalue weighted by molar-refractivity contribution is 6.39. The van der Waals surface area contributed by atoms with Crippen LogP contribution >= 0.6 is 23.2 Å². The van der Waals surface area contributed by atoms with Crippen LogP contribution in [-0.2, 0) is 4.74 Å². The Labute approximate surface area is 141 Å². The van der Waals surface area contributed by atoms with Gasteiger partial charge in [-0.2, -0.15) is 0 Å². The highest BCUT2D eigenvalue weighted by Gasteiger charge is 2.18. The number of benzene rings is 2. The zero-order chi connectivity index (χ0) is 16.6. The minimum Gasteiger partial charge on any atom is -0.465 e. The summed E-state index contributed by atoms with van der Waals surface area (Å²) in [4.78, 5) is 23.8. The van der Waals surface area contributed by atoms with Gasteiger partial charge in [0.1, 0.15) is 5.58 Å². The molecule has 3 aromatic rings. The average Bonchev–Trinajstić information content (AvgIpc) is 2.53. The highest BCUT2D eigenvalue weighted by Crippen LogP contribution is 2.35. The monoisotopic (exact) mass is 348 g/mol. The molecular formula is C17H10Cl2O4. The van der Waals surface area contributed by atoms with Crippen LogP contribution in [0.4, 0.5) is 0 Å². The summed E-state index contributed by atoms with van der Waals surface area (Å²) in [5.41, 5.74) is 0.671. The lowest BCUT2D eigenvalue weighted by Crippen LogP contribution is -2.05. The van der Waals surface area contributed by atoms with Crippen molar-refractivity contribution >= 4 is 40.1 Å². The molecule has 0 unspecified atom stereocenters. The maximum Gasteiger partial charge on any atom is 0.344 e. The molecule has 0 spiro atoms. The van der Waals surface area contributed by atoms with E-state index in [9.17, 15) is 9.59 Å². The van der Waals surface area contributed by atoms with E-state index in [1.165, 1.54) is 19.2 Å². The number of para-hydroxylation sites is 1. The van der Waals surface area contributed by atoms with Gasteiger partial charge < -0.3 is 9.15 Å². The first-order valence-electron chi connectivity index (χ1n) is 6.62. The van der Waals surface area contributed by atoms with Crippen LogP contribution in [0, 0.1) is 0 Å². The molecule has 3 rings (SSSR count). The predicted molar refractivity (Wildman–Crippen MR) is 89.3 cm³/mol. The van der Waals surface area contributed by atoms with Crippen LogP contribution in [0.5, 0.6) is 0 Å². The standard InChI is InChI=1S/C17H10Cl2O4/c1-22-16(20)10-7-12(18)15(13(19)8-10)11-6-9-4-2-3-5-14(9)23-17(11)21/h2-8H,1H3. The maximum atomic E-state index is 12.2. The third kappa shape index (κ3) is 2.83. The fourth-order valence-corrected chi connectivity index (χ4v) is 2.99. The van der Waals surface area contributed by atoms with Gasteiger partial charge in [-0.1, -0.05) is 41.4 Å². The Bertz CT molecular complexity index is 953. The second-order valence-electron chi connectivity index (χ2n) is 4.79. The second-order valence-corrected chi connectivity index (χ2v) is 5.61. The summed E-state index contributed by atoms with van der Waals surface area (Å²) in [7, 11) is 1.26. The molecule has 6 heteroatoms. The Morgan fingerprint density at radius 2 is 1.74 bits per heavy atom. The number of carbonyl (C=O) groups is 1. The van der Waals surface area contributed by atoms with Gasteiger partial charge in [0.25, 0.3) is 0 Å². The van der Waals surface area contributed by atoms with Crippen LogP contribution in [-0.4, -0.2) is 13.1 Å². The summed E-state index contributed by atoms with van der Waals surface area (Å²) < 4.78 is 9.93. The van der Waals surface area contributed by atoms with Crippen molar-refractivity contribution in [2.24, 2.45) is 0 Å². The quantitative estimate of drug-likeness (QED) is 0.503. The van der Waals surface area contributed by atoms with E-state index in [2.05, 4.69) is 4.74 Å². The summed E-state index contributed by atoms with van der Waals surface area (Å²) in [6.07, 6.45) is 0. The van der Waals surface area contributed by atoms with Crippen molar-refractivity contribution in [1.29, 1.82) is 0 Å². The number of halogens is 2. The number of methoxy groups -OCH3 is 1. The molecular weight excluding hydrogens is 339 g/mol. The van der Waals surface area contributed by atoms with Gasteiger partial charge in [-0.05, 0) is 24.3 Å². The summed E-state index contributed by atoms with van der Waals surface area (Å²) in [6, 6.07) is 11.6. The van der Waals surface area contributed by atoms with Crippen molar-refractivity contribution in [2.45, 2.75) is 0 Å². The van der Waals surface area contributed by atoms with Crippen LogP contribution < -0.4 is 5.63 Å². The number of esters is 1. The fraction of sp³-hybridized carbons (Fsp3) is 0.0588. The number of carbonyl (C=O) groups excluding carboxylic acids is 1. The molecule has 2 aromatic carbocycles. The molecule has 0 atom stereocenters. The normalized spacial score (nSPS) is 10.7. The van der Waals surface area contributed by atoms with Gasteiger partial charge in [0.15, 0.2) is 0 Å². The van der Waals surface area contributed by atoms with E-state index in [1.807, 2.05) is 12.1 Å².